The summed E-state index contributed by atoms with van der Waals surface area (Å²) >= 11 is 7.57. The van der Waals surface area contributed by atoms with E-state index in [1.54, 1.807) is 6.07 Å². The van der Waals surface area contributed by atoms with E-state index >= 15 is 0 Å². The molecule has 2 N–H and O–H groups in total. The van der Waals surface area contributed by atoms with Gasteiger partial charge in [-0.15, -0.1) is 11.3 Å². The Hall–Kier alpha value is -2.64. The van der Waals surface area contributed by atoms with Gasteiger partial charge in [-0.3, -0.25) is 20.4 Å². The number of amides is 2. The summed E-state index contributed by atoms with van der Waals surface area (Å²) in [4.78, 5) is 24.8. The van der Waals surface area contributed by atoms with E-state index in [0.717, 1.165) is 15.6 Å². The van der Waals surface area contributed by atoms with Crippen LogP contribution >= 0.6 is 22.9 Å². The number of hydrazine groups is 1. The molecule has 0 aliphatic rings. The number of benzene rings is 2. The first-order chi connectivity index (χ1) is 12.9. The highest BCUT2D eigenvalue weighted by Crippen LogP contribution is 2.37. The Morgan fingerprint density at radius 1 is 1.15 bits per heavy atom. The molecule has 3 aromatic rings. The van der Waals surface area contributed by atoms with E-state index in [-0.39, 0.29) is 5.75 Å². The van der Waals surface area contributed by atoms with Crippen LogP contribution in [0.2, 0.25) is 5.02 Å². The second-order valence-electron chi connectivity index (χ2n) is 5.83. The maximum absolute atomic E-state index is 13.6. The second kappa shape index (κ2) is 7.94. The highest BCUT2D eigenvalue weighted by molar-refractivity contribution is 7.21. The molecule has 2 amide bonds. The van der Waals surface area contributed by atoms with Crippen molar-refractivity contribution < 1.29 is 18.7 Å². The highest BCUT2D eigenvalue weighted by atomic mass is 35.5. The van der Waals surface area contributed by atoms with Crippen molar-refractivity contribution in [2.45, 2.75) is 20.0 Å². The third-order valence-corrected chi connectivity index (χ3v) is 5.52. The molecule has 0 fully saturated rings. The number of halogens is 2. The molecule has 1 aromatic heterocycles. The minimum Gasteiger partial charge on any atom is -0.478 e. The third kappa shape index (κ3) is 4.04. The van der Waals surface area contributed by atoms with Crippen molar-refractivity contribution in [1.82, 2.24) is 10.9 Å². The topological polar surface area (TPSA) is 67.4 Å². The molecule has 0 aliphatic carbocycles. The number of aryl methyl sites for hydroxylation is 1. The molecule has 27 heavy (non-hydrogen) atoms. The van der Waals surface area contributed by atoms with Crippen LogP contribution in [0.25, 0.3) is 10.1 Å². The van der Waals surface area contributed by atoms with Crippen molar-refractivity contribution in [3.63, 3.8) is 0 Å². The Bertz CT molecular complexity index is 1020. The van der Waals surface area contributed by atoms with E-state index in [1.807, 2.05) is 25.1 Å². The van der Waals surface area contributed by atoms with Crippen molar-refractivity contribution in [2.75, 3.05) is 0 Å². The molecule has 0 saturated heterocycles. The molecule has 2 aromatic carbocycles. The maximum atomic E-state index is 13.6. The Morgan fingerprint density at radius 2 is 1.89 bits per heavy atom. The zero-order valence-electron chi connectivity index (χ0n) is 14.5. The Labute approximate surface area is 164 Å². The van der Waals surface area contributed by atoms with Crippen LogP contribution in [0.4, 0.5) is 4.39 Å². The molecule has 140 valence electrons. The fourth-order valence-electron chi connectivity index (χ4n) is 2.48. The monoisotopic (exact) mass is 406 g/mol. The first-order valence-electron chi connectivity index (χ1n) is 8.07. The molecule has 8 heteroatoms. The predicted molar refractivity (Wildman–Crippen MR) is 104 cm³/mol. The summed E-state index contributed by atoms with van der Waals surface area (Å²) in [6.07, 6.45) is -1.01. The zero-order valence-corrected chi connectivity index (χ0v) is 16.1. The smallest absolute Gasteiger partial charge is 0.281 e. The normalized spacial score (nSPS) is 11.9. The number of hydrogen-bond donors (Lipinski definition) is 2. The summed E-state index contributed by atoms with van der Waals surface area (Å²) in [5.41, 5.74) is 5.55. The first kappa shape index (κ1) is 19.1. The minimum atomic E-state index is -1.01. The predicted octanol–water partition coefficient (Wildman–Crippen LogP) is 4.23. The van der Waals surface area contributed by atoms with E-state index in [1.165, 1.54) is 36.5 Å². The average molecular weight is 407 g/mol. The quantitative estimate of drug-likeness (QED) is 0.637. The second-order valence-corrected chi connectivity index (χ2v) is 7.26. The van der Waals surface area contributed by atoms with Crippen LogP contribution in [0, 0.1) is 12.7 Å². The van der Waals surface area contributed by atoms with Gasteiger partial charge in [0.25, 0.3) is 11.8 Å². The summed E-state index contributed by atoms with van der Waals surface area (Å²) in [7, 11) is 0. The van der Waals surface area contributed by atoms with Gasteiger partial charge in [-0.1, -0.05) is 35.9 Å². The van der Waals surface area contributed by atoms with Gasteiger partial charge in [0, 0.05) is 10.1 Å². The van der Waals surface area contributed by atoms with Gasteiger partial charge in [0.15, 0.2) is 17.7 Å². The van der Waals surface area contributed by atoms with E-state index in [9.17, 15) is 14.0 Å². The van der Waals surface area contributed by atoms with Crippen LogP contribution < -0.4 is 15.6 Å². The van der Waals surface area contributed by atoms with Gasteiger partial charge in [-0.25, -0.2) is 4.39 Å². The fourth-order valence-corrected chi connectivity index (χ4v) is 4.06. The minimum absolute atomic E-state index is 0.0468. The lowest BCUT2D eigenvalue weighted by molar-refractivity contribution is -0.128. The molecule has 1 unspecified atom stereocenters. The average Bonchev–Trinajstić information content (AvgIpc) is 2.99. The van der Waals surface area contributed by atoms with E-state index in [4.69, 9.17) is 16.3 Å². The van der Waals surface area contributed by atoms with Crippen LogP contribution in [-0.4, -0.2) is 17.9 Å². The van der Waals surface area contributed by atoms with Crippen molar-refractivity contribution in [2.24, 2.45) is 0 Å². The zero-order chi connectivity index (χ0) is 19.6. The molecule has 3 rings (SSSR count). The van der Waals surface area contributed by atoms with Crippen LogP contribution in [0.3, 0.4) is 0 Å². The van der Waals surface area contributed by atoms with Gasteiger partial charge in [0.2, 0.25) is 0 Å². The molecule has 0 radical (unpaired) electrons. The number of carbonyl (C=O) groups is 2. The maximum Gasteiger partial charge on any atom is 0.281 e. The number of carbonyl (C=O) groups excluding carboxylic acids is 2. The lowest BCUT2D eigenvalue weighted by Gasteiger charge is -2.15. The van der Waals surface area contributed by atoms with Crippen LogP contribution in [-0.2, 0) is 4.79 Å². The number of para-hydroxylation sites is 1. The summed E-state index contributed by atoms with van der Waals surface area (Å²) in [5, 5.41) is 1.16. The lowest BCUT2D eigenvalue weighted by Crippen LogP contribution is -2.47. The molecule has 0 saturated carbocycles. The molecule has 5 nitrogen and oxygen atoms in total. The van der Waals surface area contributed by atoms with E-state index in [2.05, 4.69) is 10.9 Å². The van der Waals surface area contributed by atoms with Gasteiger partial charge in [-0.2, -0.15) is 0 Å². The standard InChI is InChI=1S/C19H16ClFN2O3S/c1-10-6-5-9-14-15(10)16(20)17(27-14)19(25)23-22-18(24)11(2)26-13-8-4-3-7-12(13)21/h3-9,11H,1-2H3,(H,22,24)(H,23,25). The van der Waals surface area contributed by atoms with Gasteiger partial charge in [0.05, 0.1) is 5.02 Å². The van der Waals surface area contributed by atoms with Gasteiger partial charge < -0.3 is 4.74 Å². The number of thiophene rings is 1. The van der Waals surface area contributed by atoms with E-state index < -0.39 is 23.7 Å². The Balaban J connectivity index is 1.65. The van der Waals surface area contributed by atoms with Gasteiger partial charge in [0.1, 0.15) is 4.88 Å². The SMILES string of the molecule is Cc1cccc2sc(C(=O)NNC(=O)C(C)Oc3ccccc3F)c(Cl)c12. The first-order valence-corrected chi connectivity index (χ1v) is 9.27. The summed E-state index contributed by atoms with van der Waals surface area (Å²) in [6.45, 7) is 3.36. The molecule has 0 bridgehead atoms. The van der Waals surface area contributed by atoms with Crippen LogP contribution in [0.5, 0.6) is 5.75 Å². The van der Waals surface area contributed by atoms with E-state index in [0.29, 0.717) is 9.90 Å². The van der Waals surface area contributed by atoms with Crippen molar-refractivity contribution in [3.8, 4) is 5.75 Å². The van der Waals surface area contributed by atoms with Crippen molar-refractivity contribution in [1.29, 1.82) is 0 Å². The number of hydrogen-bond acceptors (Lipinski definition) is 4. The summed E-state index contributed by atoms with van der Waals surface area (Å²) in [5.74, 6) is -1.78. The molecule has 1 heterocycles. The summed E-state index contributed by atoms with van der Waals surface area (Å²) < 4.78 is 19.7. The fraction of sp³-hybridized carbons (Fsp3) is 0.158. The Morgan fingerprint density at radius 3 is 2.59 bits per heavy atom. The summed E-state index contributed by atoms with van der Waals surface area (Å²) in [6, 6.07) is 11.4. The number of ether oxygens (including phenoxy) is 1. The number of nitrogens with one attached hydrogen (secondary N) is 2. The highest BCUT2D eigenvalue weighted by Gasteiger charge is 2.21. The molecule has 0 spiro atoms. The van der Waals surface area contributed by atoms with Crippen LogP contribution in [0.1, 0.15) is 22.2 Å². The van der Waals surface area contributed by atoms with Gasteiger partial charge >= 0.3 is 0 Å². The third-order valence-electron chi connectivity index (χ3n) is 3.88. The molecular weight excluding hydrogens is 391 g/mol. The number of rotatable bonds is 4. The largest absolute Gasteiger partial charge is 0.478 e. The van der Waals surface area contributed by atoms with Crippen molar-refractivity contribution in [3.05, 3.63) is 63.7 Å². The van der Waals surface area contributed by atoms with Crippen molar-refractivity contribution >= 4 is 44.8 Å². The molecule has 1 atom stereocenters. The number of fused-ring (bicyclic) bond motifs is 1. The Kier molecular flexibility index (Phi) is 5.62. The molecule has 0 aliphatic heterocycles. The lowest BCUT2D eigenvalue weighted by atomic mass is 10.1. The molecular formula is C19H16ClFN2O3S. The van der Waals surface area contributed by atoms with Gasteiger partial charge in [-0.05, 0) is 37.6 Å². The van der Waals surface area contributed by atoms with Crippen LogP contribution in [0.15, 0.2) is 42.5 Å².